The van der Waals surface area contributed by atoms with E-state index >= 15 is 0 Å². The van der Waals surface area contributed by atoms with Gasteiger partial charge >= 0.3 is 0 Å². The number of fused-ring (bicyclic) bond motifs is 1. The Hall–Kier alpha value is -2.68. The number of rotatable bonds is 6. The van der Waals surface area contributed by atoms with Gasteiger partial charge in [-0.05, 0) is 43.9 Å². The Morgan fingerprint density at radius 1 is 1.09 bits per heavy atom. The molecule has 0 spiro atoms. The van der Waals surface area contributed by atoms with E-state index < -0.39 is 5.82 Å². The fourth-order valence-electron chi connectivity index (χ4n) is 4.79. The van der Waals surface area contributed by atoms with Crippen LogP contribution in [0, 0.1) is 5.82 Å². The lowest BCUT2D eigenvalue weighted by Crippen LogP contribution is -2.46. The van der Waals surface area contributed by atoms with Gasteiger partial charge in [-0.15, -0.1) is 0 Å². The van der Waals surface area contributed by atoms with E-state index in [0.29, 0.717) is 34.3 Å². The number of morpholine rings is 1. The molecule has 0 radical (unpaired) electrons. The molecule has 1 N–H and O–H groups in total. The zero-order valence-corrected chi connectivity index (χ0v) is 19.9. The third-order valence-electron chi connectivity index (χ3n) is 6.62. The van der Waals surface area contributed by atoms with Gasteiger partial charge in [-0.1, -0.05) is 17.7 Å². The van der Waals surface area contributed by atoms with Gasteiger partial charge in [0.05, 0.1) is 42.7 Å². The number of hydrogen-bond acceptors (Lipinski definition) is 7. The molecule has 0 unspecified atom stereocenters. The molecule has 2 heterocycles. The minimum absolute atomic E-state index is 0.0433. The van der Waals surface area contributed by atoms with Crippen molar-refractivity contribution in [2.45, 2.75) is 37.8 Å². The van der Waals surface area contributed by atoms with Crippen molar-refractivity contribution in [3.8, 4) is 11.5 Å². The maximum atomic E-state index is 14.5. The van der Waals surface area contributed by atoms with E-state index in [1.54, 1.807) is 19.2 Å². The van der Waals surface area contributed by atoms with Gasteiger partial charge in [0.25, 0.3) is 0 Å². The fraction of sp³-hybridized carbons (Fsp3) is 0.440. The Balaban J connectivity index is 1.36. The van der Waals surface area contributed by atoms with Crippen LogP contribution in [0.2, 0.25) is 5.02 Å². The molecule has 9 heteroatoms. The summed E-state index contributed by atoms with van der Waals surface area (Å²) in [6.07, 6.45) is 5.70. The molecule has 1 saturated carbocycles. The lowest BCUT2D eigenvalue weighted by molar-refractivity contribution is -0.00120. The molecular weight excluding hydrogens is 459 g/mol. The van der Waals surface area contributed by atoms with E-state index in [1.165, 1.54) is 12.4 Å². The van der Waals surface area contributed by atoms with E-state index in [-0.39, 0.29) is 16.8 Å². The van der Waals surface area contributed by atoms with Crippen LogP contribution in [0.25, 0.3) is 10.9 Å². The molecule has 0 amide bonds. The van der Waals surface area contributed by atoms with Crippen LogP contribution in [0.15, 0.2) is 36.7 Å². The molecule has 3 aromatic rings. The predicted octanol–water partition coefficient (Wildman–Crippen LogP) is 5.20. The number of methoxy groups -OCH3 is 1. The molecule has 1 aliphatic carbocycles. The highest BCUT2D eigenvalue weighted by molar-refractivity contribution is 6.31. The highest BCUT2D eigenvalue weighted by Gasteiger charge is 2.28. The van der Waals surface area contributed by atoms with E-state index in [2.05, 4.69) is 20.2 Å². The molecular formula is C25H28ClFN4O3. The summed E-state index contributed by atoms with van der Waals surface area (Å²) in [5.41, 5.74) is 0.910. The second kappa shape index (κ2) is 10.3. The first-order chi connectivity index (χ1) is 16.6. The van der Waals surface area contributed by atoms with Crippen LogP contribution < -0.4 is 14.8 Å². The average Bonchev–Trinajstić information content (AvgIpc) is 2.88. The monoisotopic (exact) mass is 486 g/mol. The molecule has 2 fully saturated rings. The molecule has 1 aliphatic heterocycles. The zero-order valence-electron chi connectivity index (χ0n) is 19.1. The molecule has 180 valence electrons. The normalized spacial score (nSPS) is 21.4. The summed E-state index contributed by atoms with van der Waals surface area (Å²) < 4.78 is 32.0. The molecule has 7 nitrogen and oxygen atoms in total. The van der Waals surface area contributed by atoms with Crippen molar-refractivity contribution in [3.05, 3.63) is 47.5 Å². The number of halogens is 2. The Morgan fingerprint density at radius 3 is 2.65 bits per heavy atom. The van der Waals surface area contributed by atoms with E-state index in [0.717, 1.165) is 52.0 Å². The molecule has 0 bridgehead atoms. The van der Waals surface area contributed by atoms with Gasteiger partial charge in [0, 0.05) is 30.6 Å². The highest BCUT2D eigenvalue weighted by atomic mass is 35.5. The maximum absolute atomic E-state index is 14.5. The van der Waals surface area contributed by atoms with Crippen molar-refractivity contribution in [2.75, 3.05) is 38.7 Å². The van der Waals surface area contributed by atoms with Crippen molar-refractivity contribution in [1.82, 2.24) is 14.9 Å². The number of benzene rings is 2. The van der Waals surface area contributed by atoms with Gasteiger partial charge in [0.15, 0.2) is 17.3 Å². The molecule has 1 saturated heterocycles. The minimum atomic E-state index is -0.530. The van der Waals surface area contributed by atoms with Crippen molar-refractivity contribution in [3.63, 3.8) is 0 Å². The average molecular weight is 487 g/mol. The molecule has 0 atom stereocenters. The molecule has 2 aliphatic rings. The fourth-order valence-corrected chi connectivity index (χ4v) is 4.97. The van der Waals surface area contributed by atoms with E-state index in [1.807, 2.05) is 12.1 Å². The molecule has 1 aromatic heterocycles. The van der Waals surface area contributed by atoms with Crippen molar-refractivity contribution < 1.29 is 18.6 Å². The number of nitrogens with one attached hydrogen (secondary N) is 1. The van der Waals surface area contributed by atoms with Gasteiger partial charge in [0.2, 0.25) is 0 Å². The zero-order chi connectivity index (χ0) is 23.5. The summed E-state index contributed by atoms with van der Waals surface area (Å²) in [5, 5.41) is 3.80. The lowest BCUT2D eigenvalue weighted by atomic mass is 9.91. The lowest BCUT2D eigenvalue weighted by Gasteiger charge is -2.38. The van der Waals surface area contributed by atoms with Gasteiger partial charge in [-0.3, -0.25) is 4.90 Å². The second-order valence-electron chi connectivity index (χ2n) is 8.67. The van der Waals surface area contributed by atoms with Crippen LogP contribution in [0.3, 0.4) is 0 Å². The van der Waals surface area contributed by atoms with Gasteiger partial charge in [-0.25, -0.2) is 14.4 Å². The Kier molecular flexibility index (Phi) is 6.99. The van der Waals surface area contributed by atoms with Crippen LogP contribution in [0.5, 0.6) is 11.5 Å². The first-order valence-electron chi connectivity index (χ1n) is 11.6. The van der Waals surface area contributed by atoms with Crippen LogP contribution in [-0.4, -0.2) is 60.4 Å². The molecule has 34 heavy (non-hydrogen) atoms. The Morgan fingerprint density at radius 2 is 1.88 bits per heavy atom. The third-order valence-corrected chi connectivity index (χ3v) is 6.92. The van der Waals surface area contributed by atoms with Crippen LogP contribution in [0.4, 0.5) is 15.9 Å². The van der Waals surface area contributed by atoms with Gasteiger partial charge in [-0.2, -0.15) is 0 Å². The predicted molar refractivity (Wildman–Crippen MR) is 130 cm³/mol. The van der Waals surface area contributed by atoms with Gasteiger partial charge < -0.3 is 19.5 Å². The smallest absolute Gasteiger partial charge is 0.165 e. The highest BCUT2D eigenvalue weighted by Crippen LogP contribution is 2.37. The number of hydrogen-bond donors (Lipinski definition) is 1. The van der Waals surface area contributed by atoms with Crippen molar-refractivity contribution in [2.24, 2.45) is 0 Å². The summed E-state index contributed by atoms with van der Waals surface area (Å²) in [4.78, 5) is 11.2. The largest absolute Gasteiger partial charge is 0.493 e. The number of nitrogens with zero attached hydrogens (tertiary/aromatic N) is 3. The summed E-state index contributed by atoms with van der Waals surface area (Å²) in [6.45, 7) is 3.67. The van der Waals surface area contributed by atoms with Crippen LogP contribution in [0.1, 0.15) is 25.7 Å². The van der Waals surface area contributed by atoms with Crippen molar-refractivity contribution in [1.29, 1.82) is 0 Å². The van der Waals surface area contributed by atoms with Gasteiger partial charge in [0.1, 0.15) is 12.1 Å². The standard InChI is InChI=1S/C25H28ClFN4O3/c1-32-22-14-21-18(25(29-15-28-21)30-20-4-2-3-19(26)24(20)27)13-23(22)34-17-7-5-16(6-8-17)31-9-11-33-12-10-31/h2-4,13-17H,5-12H2,1H3,(H,28,29,30)/t16-,17+. The summed E-state index contributed by atoms with van der Waals surface area (Å²) in [7, 11) is 1.62. The summed E-state index contributed by atoms with van der Waals surface area (Å²) >= 11 is 5.94. The number of anilines is 2. The number of ether oxygens (including phenoxy) is 3. The Bertz CT molecular complexity index is 1150. The van der Waals surface area contributed by atoms with Crippen LogP contribution >= 0.6 is 11.6 Å². The van der Waals surface area contributed by atoms with E-state index in [4.69, 9.17) is 25.8 Å². The molecule has 5 rings (SSSR count). The SMILES string of the molecule is COc1cc2ncnc(Nc3cccc(Cl)c3F)c2cc1O[C@H]1CC[C@@H](N2CCOCC2)CC1. The molecule has 2 aromatic carbocycles. The first kappa shape index (κ1) is 23.1. The quantitative estimate of drug-likeness (QED) is 0.513. The summed E-state index contributed by atoms with van der Waals surface area (Å²) in [5.74, 6) is 1.18. The van der Waals surface area contributed by atoms with Crippen LogP contribution in [-0.2, 0) is 4.74 Å². The maximum Gasteiger partial charge on any atom is 0.165 e. The minimum Gasteiger partial charge on any atom is -0.493 e. The first-order valence-corrected chi connectivity index (χ1v) is 12.0. The topological polar surface area (TPSA) is 68.7 Å². The summed E-state index contributed by atoms with van der Waals surface area (Å²) in [6, 6.07) is 9.09. The van der Waals surface area contributed by atoms with Crippen molar-refractivity contribution >= 4 is 34.0 Å². The third kappa shape index (κ3) is 4.89. The number of aromatic nitrogens is 2. The van der Waals surface area contributed by atoms with E-state index in [9.17, 15) is 4.39 Å². The second-order valence-corrected chi connectivity index (χ2v) is 9.07. The Labute approximate surface area is 203 Å².